The van der Waals surface area contributed by atoms with Crippen LogP contribution in [0.15, 0.2) is 70.6 Å². The zero-order chi connectivity index (χ0) is 19.4. The van der Waals surface area contributed by atoms with Gasteiger partial charge in [0.05, 0.1) is 10.9 Å². The molecule has 5 nitrogen and oxygen atoms in total. The molecule has 0 N–H and O–H groups in total. The van der Waals surface area contributed by atoms with Crippen LogP contribution in [0.5, 0.6) is 0 Å². The standard InChI is InChI=1S/C21H26N2O3S/c1-16(14-15-23(3)27(24,25)19-12-8-5-9-13-19)21-22-17(2)20(26-21)18-10-6-4-7-11-18/h4-13,16-17,20H,14-15H2,1-3H3/t16-,17+,20+/m1/s1. The lowest BCUT2D eigenvalue weighted by Crippen LogP contribution is -2.30. The molecule has 0 aromatic heterocycles. The molecule has 144 valence electrons. The van der Waals surface area contributed by atoms with Gasteiger partial charge >= 0.3 is 0 Å². The molecule has 1 aliphatic rings. The van der Waals surface area contributed by atoms with E-state index in [-0.39, 0.29) is 18.1 Å². The highest BCUT2D eigenvalue weighted by atomic mass is 32.2. The van der Waals surface area contributed by atoms with E-state index in [2.05, 4.69) is 4.99 Å². The predicted molar refractivity (Wildman–Crippen MR) is 107 cm³/mol. The molecule has 0 unspecified atom stereocenters. The second-order valence-electron chi connectivity index (χ2n) is 6.99. The molecule has 1 aliphatic heterocycles. The Morgan fingerprint density at radius 3 is 2.30 bits per heavy atom. The highest BCUT2D eigenvalue weighted by Crippen LogP contribution is 2.31. The van der Waals surface area contributed by atoms with Gasteiger partial charge < -0.3 is 4.74 Å². The molecule has 1 heterocycles. The van der Waals surface area contributed by atoms with E-state index in [0.717, 1.165) is 5.56 Å². The van der Waals surface area contributed by atoms with Gasteiger partial charge in [-0.1, -0.05) is 55.5 Å². The number of aliphatic imine (C=N–C) groups is 1. The minimum Gasteiger partial charge on any atom is -0.470 e. The quantitative estimate of drug-likeness (QED) is 0.725. The molecule has 3 atom stereocenters. The molecule has 0 saturated heterocycles. The lowest BCUT2D eigenvalue weighted by Gasteiger charge is -2.20. The summed E-state index contributed by atoms with van der Waals surface area (Å²) in [6.45, 7) is 4.48. The van der Waals surface area contributed by atoms with Gasteiger partial charge in [0, 0.05) is 19.5 Å². The van der Waals surface area contributed by atoms with Gasteiger partial charge in [-0.2, -0.15) is 0 Å². The SMILES string of the molecule is C[C@H](CCN(C)S(=O)(=O)c1ccccc1)C1=N[C@@H](C)[C@@H](c2ccccc2)O1. The van der Waals surface area contributed by atoms with Gasteiger partial charge in [0.25, 0.3) is 0 Å². The van der Waals surface area contributed by atoms with E-state index in [1.807, 2.05) is 44.2 Å². The topological polar surface area (TPSA) is 59.0 Å². The third kappa shape index (κ3) is 4.39. The minimum absolute atomic E-state index is 0.0505. The Morgan fingerprint density at radius 2 is 1.67 bits per heavy atom. The summed E-state index contributed by atoms with van der Waals surface area (Å²) in [4.78, 5) is 4.98. The fourth-order valence-electron chi connectivity index (χ4n) is 3.15. The van der Waals surface area contributed by atoms with Crippen LogP contribution in [0.25, 0.3) is 0 Å². The smallest absolute Gasteiger partial charge is 0.242 e. The molecular formula is C21H26N2O3S. The van der Waals surface area contributed by atoms with Gasteiger partial charge in [-0.05, 0) is 31.0 Å². The summed E-state index contributed by atoms with van der Waals surface area (Å²) in [7, 11) is -1.86. The molecule has 0 fully saturated rings. The summed E-state index contributed by atoms with van der Waals surface area (Å²) >= 11 is 0. The second-order valence-corrected chi connectivity index (χ2v) is 9.03. The molecule has 0 bridgehead atoms. The number of ether oxygens (including phenoxy) is 1. The number of benzene rings is 2. The highest BCUT2D eigenvalue weighted by molar-refractivity contribution is 7.89. The molecule has 0 saturated carbocycles. The fourth-order valence-corrected chi connectivity index (χ4v) is 4.36. The van der Waals surface area contributed by atoms with Gasteiger partial charge in [-0.25, -0.2) is 17.7 Å². The second kappa shape index (κ2) is 8.23. The van der Waals surface area contributed by atoms with Crippen LogP contribution in [0.3, 0.4) is 0 Å². The van der Waals surface area contributed by atoms with Gasteiger partial charge in [0.15, 0.2) is 5.90 Å². The summed E-state index contributed by atoms with van der Waals surface area (Å²) < 4.78 is 32.7. The van der Waals surface area contributed by atoms with Crippen LogP contribution in [0, 0.1) is 5.92 Å². The first-order chi connectivity index (χ1) is 12.9. The maximum Gasteiger partial charge on any atom is 0.242 e. The van der Waals surface area contributed by atoms with Crippen molar-refractivity contribution in [3.63, 3.8) is 0 Å². The van der Waals surface area contributed by atoms with Crippen LogP contribution in [0.4, 0.5) is 0 Å². The first-order valence-electron chi connectivity index (χ1n) is 9.20. The maximum absolute atomic E-state index is 12.6. The monoisotopic (exact) mass is 386 g/mol. The van der Waals surface area contributed by atoms with Crippen molar-refractivity contribution in [1.29, 1.82) is 0 Å². The minimum atomic E-state index is -3.47. The predicted octanol–water partition coefficient (Wildman–Crippen LogP) is 3.89. The van der Waals surface area contributed by atoms with Crippen LogP contribution in [-0.4, -0.2) is 38.3 Å². The largest absolute Gasteiger partial charge is 0.470 e. The highest BCUT2D eigenvalue weighted by Gasteiger charge is 2.31. The number of hydrogen-bond acceptors (Lipinski definition) is 4. The fraction of sp³-hybridized carbons (Fsp3) is 0.381. The lowest BCUT2D eigenvalue weighted by atomic mass is 10.0. The molecule has 0 spiro atoms. The number of nitrogens with zero attached hydrogens (tertiary/aromatic N) is 2. The van der Waals surface area contributed by atoms with Crippen LogP contribution >= 0.6 is 0 Å². The molecule has 2 aromatic carbocycles. The Kier molecular flexibility index (Phi) is 5.97. The van der Waals surface area contributed by atoms with E-state index < -0.39 is 10.0 Å². The normalized spacial score (nSPS) is 21.0. The first-order valence-corrected chi connectivity index (χ1v) is 10.6. The van der Waals surface area contributed by atoms with E-state index >= 15 is 0 Å². The molecule has 3 rings (SSSR count). The average molecular weight is 387 g/mol. The molecule has 0 aliphatic carbocycles. The molecule has 6 heteroatoms. The zero-order valence-corrected chi connectivity index (χ0v) is 16.8. The van der Waals surface area contributed by atoms with Crippen molar-refractivity contribution in [2.75, 3.05) is 13.6 Å². The zero-order valence-electron chi connectivity index (χ0n) is 15.9. The number of hydrogen-bond donors (Lipinski definition) is 0. The maximum atomic E-state index is 12.6. The molecule has 2 aromatic rings. The van der Waals surface area contributed by atoms with Gasteiger partial charge in [0.2, 0.25) is 10.0 Å². The van der Waals surface area contributed by atoms with Gasteiger partial charge in [0.1, 0.15) is 6.10 Å². The summed E-state index contributed by atoms with van der Waals surface area (Å²) in [5.74, 6) is 0.761. The third-order valence-corrected chi connectivity index (χ3v) is 6.77. The van der Waals surface area contributed by atoms with Gasteiger partial charge in [-0.15, -0.1) is 0 Å². The van der Waals surface area contributed by atoms with Crippen molar-refractivity contribution < 1.29 is 13.2 Å². The van der Waals surface area contributed by atoms with Crippen molar-refractivity contribution in [1.82, 2.24) is 4.31 Å². The summed E-state index contributed by atoms with van der Waals surface area (Å²) in [6, 6.07) is 18.6. The van der Waals surface area contributed by atoms with Crippen molar-refractivity contribution in [2.24, 2.45) is 10.9 Å². The van der Waals surface area contributed by atoms with Crippen LogP contribution in [0.2, 0.25) is 0 Å². The Balaban J connectivity index is 1.60. The summed E-state index contributed by atoms with van der Waals surface area (Å²) in [6.07, 6.45) is 0.574. The summed E-state index contributed by atoms with van der Waals surface area (Å²) in [5, 5.41) is 0. The van der Waals surface area contributed by atoms with E-state index in [1.54, 1.807) is 37.4 Å². The van der Waals surface area contributed by atoms with E-state index in [0.29, 0.717) is 23.8 Å². The summed E-state index contributed by atoms with van der Waals surface area (Å²) in [5.41, 5.74) is 1.11. The molecule has 0 radical (unpaired) electrons. The van der Waals surface area contributed by atoms with E-state index in [4.69, 9.17) is 4.74 Å². The van der Waals surface area contributed by atoms with Crippen LogP contribution < -0.4 is 0 Å². The Hall–Kier alpha value is -2.18. The Morgan fingerprint density at radius 1 is 1.07 bits per heavy atom. The first kappa shape index (κ1) is 19.6. The van der Waals surface area contributed by atoms with E-state index in [1.165, 1.54) is 4.31 Å². The van der Waals surface area contributed by atoms with Crippen LogP contribution in [0.1, 0.15) is 31.9 Å². The lowest BCUT2D eigenvalue weighted by molar-refractivity contribution is 0.189. The third-order valence-electron chi connectivity index (χ3n) is 4.89. The van der Waals surface area contributed by atoms with Crippen molar-refractivity contribution in [3.05, 3.63) is 66.2 Å². The van der Waals surface area contributed by atoms with Crippen molar-refractivity contribution in [2.45, 2.75) is 37.3 Å². The molecule has 27 heavy (non-hydrogen) atoms. The number of rotatable bonds is 7. The average Bonchev–Trinajstić information content (AvgIpc) is 3.09. The van der Waals surface area contributed by atoms with E-state index in [9.17, 15) is 8.42 Å². The Labute approximate surface area is 161 Å². The van der Waals surface area contributed by atoms with Crippen LogP contribution in [-0.2, 0) is 14.8 Å². The van der Waals surface area contributed by atoms with Crippen molar-refractivity contribution in [3.8, 4) is 0 Å². The molecule has 0 amide bonds. The van der Waals surface area contributed by atoms with Crippen molar-refractivity contribution >= 4 is 15.9 Å². The Bertz CT molecular complexity index is 882. The number of sulfonamides is 1. The molecular weight excluding hydrogens is 360 g/mol. The van der Waals surface area contributed by atoms with Gasteiger partial charge in [-0.3, -0.25) is 0 Å².